The second-order valence-corrected chi connectivity index (χ2v) is 17.7. The molecule has 352 valence electrons. The van der Waals surface area contributed by atoms with Crippen molar-refractivity contribution < 1.29 is 52.3 Å². The van der Waals surface area contributed by atoms with Crippen LogP contribution in [0.4, 0.5) is 4.79 Å². The molecule has 0 radical (unpaired) electrons. The van der Waals surface area contributed by atoms with Gasteiger partial charge < -0.3 is 53.7 Å². The van der Waals surface area contributed by atoms with Crippen molar-refractivity contribution in [3.63, 3.8) is 0 Å². The van der Waals surface area contributed by atoms with Crippen LogP contribution < -0.4 is 16.0 Å². The van der Waals surface area contributed by atoms with Crippen LogP contribution >= 0.6 is 0 Å². The highest BCUT2D eigenvalue weighted by molar-refractivity contribution is 5.89. The highest BCUT2D eigenvalue weighted by Gasteiger charge is 2.67. The van der Waals surface area contributed by atoms with Crippen molar-refractivity contribution in [2.24, 2.45) is 0 Å². The number of imidazole rings is 1. The first-order chi connectivity index (χ1) is 32.2. The Morgan fingerprint density at radius 1 is 0.776 bits per heavy atom. The van der Waals surface area contributed by atoms with Crippen LogP contribution in [0.5, 0.6) is 0 Å². The van der Waals surface area contributed by atoms with Gasteiger partial charge in [-0.25, -0.2) is 9.78 Å². The number of carbonyl (C=O) groups excluding carboxylic acids is 4. The number of carbonyl (C=O) groups is 4. The van der Waals surface area contributed by atoms with E-state index in [4.69, 9.17) is 38.1 Å². The Labute approximate surface area is 389 Å². The third-order valence-electron chi connectivity index (χ3n) is 12.1. The average molecular weight is 916 g/mol. The molecule has 0 aliphatic carbocycles. The van der Waals surface area contributed by atoms with Crippen molar-refractivity contribution in [1.82, 2.24) is 25.5 Å². The standard InChI is InChI=1S/C51H57N5O11/c1-48(2)63-32-40(64-48)43-44-45(67-49(3,4)65-44)50(66-43,29-42(58)61-5)55-46(59)39(54-41(57)26-27-52-47(60)62-31-34-18-10-6-11-19-34)28-38-30-56(33-53-38)51(35-20-12-7-13-21-35,36-22-14-8-15-23-36)37-24-16-9-17-25-37/h6-25,30,33,39-40,43-45H,26-29,31-32H2,1-5H3,(H,52,60)(H,54,57)(H,55,59)/t39-,40-,43-,44+,45+,50+/m0/s1. The van der Waals surface area contributed by atoms with E-state index in [1.165, 1.54) is 7.11 Å². The third kappa shape index (κ3) is 10.4. The molecule has 0 spiro atoms. The topological polar surface area (TPSA) is 187 Å². The van der Waals surface area contributed by atoms with Crippen LogP contribution in [-0.4, -0.2) is 101 Å². The summed E-state index contributed by atoms with van der Waals surface area (Å²) in [7, 11) is 1.24. The van der Waals surface area contributed by atoms with E-state index in [9.17, 15) is 14.4 Å². The van der Waals surface area contributed by atoms with E-state index in [0.29, 0.717) is 5.69 Å². The van der Waals surface area contributed by atoms with Crippen LogP contribution in [0.3, 0.4) is 0 Å². The number of alkyl carbamates (subject to hydrolysis) is 1. The second kappa shape index (κ2) is 19.8. The number of amides is 3. The minimum atomic E-state index is -1.85. The molecule has 67 heavy (non-hydrogen) atoms. The average Bonchev–Trinajstić information content (AvgIpc) is 4.09. The van der Waals surface area contributed by atoms with Gasteiger partial charge in [-0.1, -0.05) is 121 Å². The van der Waals surface area contributed by atoms with Gasteiger partial charge in [0.05, 0.1) is 32.2 Å². The molecule has 0 unspecified atom stereocenters. The highest BCUT2D eigenvalue weighted by Crippen LogP contribution is 2.47. The van der Waals surface area contributed by atoms with Gasteiger partial charge in [-0.3, -0.25) is 14.4 Å². The van der Waals surface area contributed by atoms with Gasteiger partial charge in [0.1, 0.15) is 42.6 Å². The highest BCUT2D eigenvalue weighted by atomic mass is 16.8. The lowest BCUT2D eigenvalue weighted by Crippen LogP contribution is -2.62. The zero-order valence-electron chi connectivity index (χ0n) is 38.2. The van der Waals surface area contributed by atoms with Crippen molar-refractivity contribution in [2.75, 3.05) is 20.3 Å². The molecule has 5 aromatic rings. The van der Waals surface area contributed by atoms with Gasteiger partial charge in [0, 0.05) is 25.6 Å². The molecule has 16 nitrogen and oxygen atoms in total. The van der Waals surface area contributed by atoms with Crippen LogP contribution in [0.2, 0.25) is 0 Å². The minimum Gasteiger partial charge on any atom is -0.469 e. The van der Waals surface area contributed by atoms with Gasteiger partial charge >= 0.3 is 12.1 Å². The molecule has 8 rings (SSSR count). The molecule has 0 saturated carbocycles. The summed E-state index contributed by atoms with van der Waals surface area (Å²) in [6, 6.07) is 38.1. The Morgan fingerprint density at radius 3 is 1.94 bits per heavy atom. The number of fused-ring (bicyclic) bond motifs is 1. The van der Waals surface area contributed by atoms with E-state index in [0.717, 1.165) is 22.3 Å². The smallest absolute Gasteiger partial charge is 0.407 e. The maximum absolute atomic E-state index is 15.0. The molecule has 4 heterocycles. The number of benzene rings is 4. The van der Waals surface area contributed by atoms with Crippen molar-refractivity contribution in [3.8, 4) is 0 Å². The molecule has 3 aliphatic heterocycles. The molecule has 1 aromatic heterocycles. The molecule has 3 saturated heterocycles. The first kappa shape index (κ1) is 47.1. The Kier molecular flexibility index (Phi) is 13.9. The molecular formula is C51H57N5O11. The lowest BCUT2D eigenvalue weighted by molar-refractivity contribution is -0.235. The van der Waals surface area contributed by atoms with Gasteiger partial charge in [0.15, 0.2) is 17.3 Å². The summed E-state index contributed by atoms with van der Waals surface area (Å²) in [4.78, 5) is 59.6. The van der Waals surface area contributed by atoms with Crippen LogP contribution in [0.15, 0.2) is 134 Å². The van der Waals surface area contributed by atoms with Gasteiger partial charge in [-0.2, -0.15) is 0 Å². The zero-order valence-corrected chi connectivity index (χ0v) is 38.2. The fourth-order valence-electron chi connectivity index (χ4n) is 9.18. The van der Waals surface area contributed by atoms with Crippen molar-refractivity contribution in [2.45, 2.75) is 107 Å². The summed E-state index contributed by atoms with van der Waals surface area (Å²) in [6.45, 7) is 7.13. The predicted octanol–water partition coefficient (Wildman–Crippen LogP) is 5.51. The SMILES string of the molecule is COC(=O)C[C@@]1(NC(=O)[C@H](Cc2cn(C(c3ccccc3)(c3ccccc3)c3ccccc3)cn2)NC(=O)CCNC(=O)OCc2ccccc2)O[C@@H]([C@@H]2COC(C)(C)O2)[C@H]2OC(C)(C)O[C@H]21. The van der Waals surface area contributed by atoms with Gasteiger partial charge in [0.2, 0.25) is 11.8 Å². The van der Waals surface area contributed by atoms with E-state index in [2.05, 4.69) is 52.3 Å². The molecule has 6 atom stereocenters. The van der Waals surface area contributed by atoms with E-state index in [1.807, 2.05) is 95.7 Å². The first-order valence-corrected chi connectivity index (χ1v) is 22.4. The molecule has 3 amide bonds. The summed E-state index contributed by atoms with van der Waals surface area (Å²) < 4.78 is 44.1. The fourth-order valence-corrected chi connectivity index (χ4v) is 9.18. The number of rotatable bonds is 17. The summed E-state index contributed by atoms with van der Waals surface area (Å²) >= 11 is 0. The Bertz CT molecular complexity index is 2390. The molecule has 3 fully saturated rings. The van der Waals surface area contributed by atoms with E-state index < -0.39 is 83.6 Å². The number of hydrogen-bond acceptors (Lipinski definition) is 12. The Hall–Kier alpha value is -6.43. The summed E-state index contributed by atoms with van der Waals surface area (Å²) in [6.07, 6.45) is -1.22. The van der Waals surface area contributed by atoms with Gasteiger partial charge in [-0.15, -0.1) is 0 Å². The van der Waals surface area contributed by atoms with Gasteiger partial charge in [-0.05, 0) is 49.9 Å². The number of ether oxygens (including phenoxy) is 7. The second-order valence-electron chi connectivity index (χ2n) is 17.7. The third-order valence-corrected chi connectivity index (χ3v) is 12.1. The van der Waals surface area contributed by atoms with E-state index in [1.54, 1.807) is 34.0 Å². The monoisotopic (exact) mass is 915 g/mol. The quantitative estimate of drug-likeness (QED) is 0.0786. The summed E-state index contributed by atoms with van der Waals surface area (Å²) in [5, 5.41) is 8.46. The van der Waals surface area contributed by atoms with Crippen molar-refractivity contribution >= 4 is 23.9 Å². The minimum absolute atomic E-state index is 0.0512. The van der Waals surface area contributed by atoms with Crippen LogP contribution in [0.25, 0.3) is 0 Å². The Balaban J connectivity index is 1.11. The van der Waals surface area contributed by atoms with Gasteiger partial charge in [0.25, 0.3) is 0 Å². The van der Waals surface area contributed by atoms with E-state index >= 15 is 4.79 Å². The van der Waals surface area contributed by atoms with Crippen molar-refractivity contribution in [1.29, 1.82) is 0 Å². The molecule has 16 heteroatoms. The normalized spacial score (nSPS) is 23.1. The lowest BCUT2D eigenvalue weighted by atomic mass is 9.77. The molecule has 3 N–H and O–H groups in total. The number of hydrogen-bond donors (Lipinski definition) is 3. The van der Waals surface area contributed by atoms with Crippen LogP contribution in [-0.2, 0) is 66.1 Å². The molecule has 3 aliphatic rings. The van der Waals surface area contributed by atoms with E-state index in [-0.39, 0.29) is 32.6 Å². The predicted molar refractivity (Wildman–Crippen MR) is 243 cm³/mol. The zero-order chi connectivity index (χ0) is 47.2. The van der Waals surface area contributed by atoms with Crippen LogP contribution in [0.1, 0.15) is 68.5 Å². The maximum Gasteiger partial charge on any atom is 0.407 e. The molecular weight excluding hydrogens is 859 g/mol. The van der Waals surface area contributed by atoms with Crippen LogP contribution in [0, 0.1) is 0 Å². The largest absolute Gasteiger partial charge is 0.469 e. The maximum atomic E-state index is 15.0. The summed E-state index contributed by atoms with van der Waals surface area (Å²) in [5.74, 6) is -4.03. The first-order valence-electron chi connectivity index (χ1n) is 22.4. The summed E-state index contributed by atoms with van der Waals surface area (Å²) in [5.41, 5.74) is 1.39. The number of esters is 1. The Morgan fingerprint density at radius 2 is 1.37 bits per heavy atom. The van der Waals surface area contributed by atoms with Crippen molar-refractivity contribution in [3.05, 3.63) is 162 Å². The number of methoxy groups -OCH3 is 1. The number of nitrogens with one attached hydrogen (secondary N) is 3. The fraction of sp³-hybridized carbons (Fsp3) is 0.392. The molecule has 4 aromatic carbocycles. The molecule has 0 bridgehead atoms. The number of aromatic nitrogens is 2. The number of nitrogens with zero attached hydrogens (tertiary/aromatic N) is 2. The lowest BCUT2D eigenvalue weighted by Gasteiger charge is -2.37.